The number of hydrogen-bond donors (Lipinski definition) is 1. The maximum Gasteiger partial charge on any atom is 0.0642 e. The van der Waals surface area contributed by atoms with Gasteiger partial charge >= 0.3 is 0 Å². The fourth-order valence-electron chi connectivity index (χ4n) is 2.60. The van der Waals surface area contributed by atoms with Gasteiger partial charge in [-0.3, -0.25) is 0 Å². The molecule has 0 aromatic heterocycles. The van der Waals surface area contributed by atoms with Crippen LogP contribution in [0, 0.1) is 11.8 Å². The Kier molecular flexibility index (Phi) is 4.18. The summed E-state index contributed by atoms with van der Waals surface area (Å²) in [4.78, 5) is 2.30. The Morgan fingerprint density at radius 3 is 2.72 bits per heavy atom. The zero-order valence-electron chi connectivity index (χ0n) is 11.5. The predicted octanol–water partition coefficient (Wildman–Crippen LogP) is 3.32. The van der Waals surface area contributed by atoms with Crippen LogP contribution >= 0.6 is 11.6 Å². The summed E-state index contributed by atoms with van der Waals surface area (Å²) in [5, 5.41) is 0.837. The van der Waals surface area contributed by atoms with Gasteiger partial charge in [0.2, 0.25) is 0 Å². The molecule has 1 fully saturated rings. The van der Waals surface area contributed by atoms with Gasteiger partial charge < -0.3 is 10.6 Å². The van der Waals surface area contributed by atoms with Crippen molar-refractivity contribution in [3.63, 3.8) is 0 Å². The molecular weight excluding hydrogens is 244 g/mol. The Morgan fingerprint density at radius 1 is 1.50 bits per heavy atom. The van der Waals surface area contributed by atoms with Crippen LogP contribution in [0.3, 0.4) is 0 Å². The summed E-state index contributed by atoms with van der Waals surface area (Å²) in [5.41, 5.74) is 8.34. The SMILES string of the molecule is CC(N)Cc1cccc(Cl)c1N(C)CC1CC1C. The van der Waals surface area contributed by atoms with Crippen LogP contribution in [0.5, 0.6) is 0 Å². The van der Waals surface area contributed by atoms with Gasteiger partial charge in [0.15, 0.2) is 0 Å². The predicted molar refractivity (Wildman–Crippen MR) is 79.3 cm³/mol. The van der Waals surface area contributed by atoms with Gasteiger partial charge in [0.05, 0.1) is 10.7 Å². The molecule has 2 rings (SSSR count). The molecule has 3 heteroatoms. The van der Waals surface area contributed by atoms with Crippen molar-refractivity contribution in [1.82, 2.24) is 0 Å². The van der Waals surface area contributed by atoms with Crippen molar-refractivity contribution in [1.29, 1.82) is 0 Å². The maximum absolute atomic E-state index is 6.37. The highest BCUT2D eigenvalue weighted by atomic mass is 35.5. The van der Waals surface area contributed by atoms with E-state index in [9.17, 15) is 0 Å². The zero-order valence-corrected chi connectivity index (χ0v) is 12.2. The van der Waals surface area contributed by atoms with Gasteiger partial charge in [-0.1, -0.05) is 30.7 Å². The molecule has 0 bridgehead atoms. The van der Waals surface area contributed by atoms with E-state index in [4.69, 9.17) is 17.3 Å². The molecule has 0 heterocycles. The normalized spacial score (nSPS) is 23.8. The van der Waals surface area contributed by atoms with Crippen LogP contribution in [-0.2, 0) is 6.42 Å². The average Bonchev–Trinajstić information content (AvgIpc) is 2.93. The third kappa shape index (κ3) is 3.18. The Bertz CT molecular complexity index is 417. The van der Waals surface area contributed by atoms with Crippen molar-refractivity contribution in [2.45, 2.75) is 32.7 Å². The van der Waals surface area contributed by atoms with Crippen LogP contribution in [0.1, 0.15) is 25.8 Å². The van der Waals surface area contributed by atoms with Gasteiger partial charge in [-0.25, -0.2) is 0 Å². The first-order chi connectivity index (χ1) is 8.49. The van der Waals surface area contributed by atoms with Crippen molar-refractivity contribution in [3.8, 4) is 0 Å². The van der Waals surface area contributed by atoms with E-state index in [0.29, 0.717) is 0 Å². The van der Waals surface area contributed by atoms with E-state index in [-0.39, 0.29) is 6.04 Å². The molecule has 0 radical (unpaired) electrons. The summed E-state index contributed by atoms with van der Waals surface area (Å²) >= 11 is 6.37. The minimum atomic E-state index is 0.162. The van der Waals surface area contributed by atoms with Crippen LogP contribution in [0.15, 0.2) is 18.2 Å². The third-order valence-corrected chi connectivity index (χ3v) is 4.08. The van der Waals surface area contributed by atoms with Gasteiger partial charge in [0.1, 0.15) is 0 Å². The number of rotatable bonds is 5. The molecule has 1 aliphatic rings. The lowest BCUT2D eigenvalue weighted by molar-refractivity contribution is 0.709. The van der Waals surface area contributed by atoms with E-state index in [1.165, 1.54) is 12.0 Å². The van der Waals surface area contributed by atoms with Crippen molar-refractivity contribution in [3.05, 3.63) is 28.8 Å². The number of nitrogens with zero attached hydrogens (tertiary/aromatic N) is 1. The molecule has 1 saturated carbocycles. The molecule has 0 saturated heterocycles. The second-order valence-electron chi connectivity index (χ2n) is 5.78. The third-order valence-electron chi connectivity index (χ3n) is 3.78. The summed E-state index contributed by atoms with van der Waals surface area (Å²) in [6, 6.07) is 6.28. The molecule has 2 N–H and O–H groups in total. The highest BCUT2D eigenvalue weighted by Gasteiger charge is 2.33. The summed E-state index contributed by atoms with van der Waals surface area (Å²) < 4.78 is 0. The molecule has 3 atom stereocenters. The molecule has 1 aromatic carbocycles. The van der Waals surface area contributed by atoms with Crippen molar-refractivity contribution < 1.29 is 0 Å². The Hall–Kier alpha value is -0.730. The number of halogens is 1. The molecule has 18 heavy (non-hydrogen) atoms. The van der Waals surface area contributed by atoms with Crippen LogP contribution < -0.4 is 10.6 Å². The van der Waals surface area contributed by atoms with Gasteiger partial charge in [-0.2, -0.15) is 0 Å². The topological polar surface area (TPSA) is 29.3 Å². The fraction of sp³-hybridized carbons (Fsp3) is 0.600. The van der Waals surface area contributed by atoms with Gasteiger partial charge in [-0.15, -0.1) is 0 Å². The smallest absolute Gasteiger partial charge is 0.0642 e. The molecule has 1 aliphatic carbocycles. The van der Waals surface area contributed by atoms with Crippen LogP contribution in [0.25, 0.3) is 0 Å². The molecule has 0 aliphatic heterocycles. The Balaban J connectivity index is 2.18. The molecule has 0 amide bonds. The van der Waals surface area contributed by atoms with Crippen molar-refractivity contribution >= 4 is 17.3 Å². The number of benzene rings is 1. The van der Waals surface area contributed by atoms with E-state index in [1.54, 1.807) is 0 Å². The van der Waals surface area contributed by atoms with E-state index in [2.05, 4.69) is 24.9 Å². The monoisotopic (exact) mass is 266 g/mol. The second-order valence-corrected chi connectivity index (χ2v) is 6.19. The lowest BCUT2D eigenvalue weighted by Gasteiger charge is -2.24. The number of para-hydroxylation sites is 1. The summed E-state index contributed by atoms with van der Waals surface area (Å²) in [6.07, 6.45) is 2.22. The highest BCUT2D eigenvalue weighted by molar-refractivity contribution is 6.33. The molecule has 0 spiro atoms. The van der Waals surface area contributed by atoms with E-state index in [0.717, 1.165) is 35.5 Å². The molecule has 1 aromatic rings. The summed E-state index contributed by atoms with van der Waals surface area (Å²) in [5.74, 6) is 1.70. The minimum Gasteiger partial charge on any atom is -0.373 e. The molecule has 100 valence electrons. The highest BCUT2D eigenvalue weighted by Crippen LogP contribution is 2.40. The number of nitrogens with two attached hydrogens (primary N) is 1. The van der Waals surface area contributed by atoms with E-state index in [1.807, 2.05) is 19.1 Å². The quantitative estimate of drug-likeness (QED) is 0.886. The first kappa shape index (κ1) is 13.7. The zero-order chi connectivity index (χ0) is 13.3. The van der Waals surface area contributed by atoms with Gasteiger partial charge in [-0.05, 0) is 43.2 Å². The molecule has 3 unspecified atom stereocenters. The lowest BCUT2D eigenvalue weighted by atomic mass is 10.0. The summed E-state index contributed by atoms with van der Waals surface area (Å²) in [6.45, 7) is 5.44. The standard InChI is InChI=1S/C15H23ClN2/c1-10-7-13(10)9-18(3)15-12(8-11(2)17)5-4-6-14(15)16/h4-6,10-11,13H,7-9,17H2,1-3H3. The van der Waals surface area contributed by atoms with Crippen LogP contribution in [0.2, 0.25) is 5.02 Å². The summed E-state index contributed by atoms with van der Waals surface area (Å²) in [7, 11) is 2.14. The van der Waals surface area contributed by atoms with Crippen LogP contribution in [-0.4, -0.2) is 19.6 Å². The molecular formula is C15H23ClN2. The van der Waals surface area contributed by atoms with Crippen LogP contribution in [0.4, 0.5) is 5.69 Å². The Labute approximate surface area is 115 Å². The first-order valence-electron chi connectivity index (χ1n) is 6.73. The fourth-order valence-corrected chi connectivity index (χ4v) is 2.93. The van der Waals surface area contributed by atoms with Crippen molar-refractivity contribution in [2.24, 2.45) is 17.6 Å². The van der Waals surface area contributed by atoms with Crippen molar-refractivity contribution in [2.75, 3.05) is 18.5 Å². The average molecular weight is 267 g/mol. The van der Waals surface area contributed by atoms with E-state index < -0.39 is 0 Å². The molecule has 2 nitrogen and oxygen atoms in total. The lowest BCUT2D eigenvalue weighted by Crippen LogP contribution is -2.24. The number of hydrogen-bond acceptors (Lipinski definition) is 2. The maximum atomic E-state index is 6.37. The van der Waals surface area contributed by atoms with E-state index >= 15 is 0 Å². The number of anilines is 1. The first-order valence-corrected chi connectivity index (χ1v) is 7.11. The van der Waals surface area contributed by atoms with Gasteiger partial charge in [0, 0.05) is 19.6 Å². The second kappa shape index (κ2) is 5.50. The van der Waals surface area contributed by atoms with Gasteiger partial charge in [0.25, 0.3) is 0 Å². The minimum absolute atomic E-state index is 0.162. The Morgan fingerprint density at radius 2 is 2.17 bits per heavy atom. The largest absolute Gasteiger partial charge is 0.373 e.